The molecular formula is C16H20N4O3S. The van der Waals surface area contributed by atoms with Crippen molar-refractivity contribution in [1.29, 1.82) is 0 Å². The van der Waals surface area contributed by atoms with Crippen LogP contribution in [0.1, 0.15) is 41.2 Å². The fourth-order valence-electron chi connectivity index (χ4n) is 2.71. The molecule has 0 bridgehead atoms. The van der Waals surface area contributed by atoms with Gasteiger partial charge in [-0.25, -0.2) is 4.98 Å². The molecule has 0 aromatic carbocycles. The Bertz CT molecular complexity index is 698. The summed E-state index contributed by atoms with van der Waals surface area (Å²) in [5.41, 5.74) is 0.502. The van der Waals surface area contributed by atoms with Crippen LogP contribution in [0.5, 0.6) is 11.8 Å². The molecule has 3 rings (SSSR count). The Morgan fingerprint density at radius 3 is 2.62 bits per heavy atom. The smallest absolute Gasteiger partial charge is 0.270 e. The minimum atomic E-state index is -0.0950. The third kappa shape index (κ3) is 4.19. The minimum Gasteiger partial charge on any atom is -0.480 e. The van der Waals surface area contributed by atoms with E-state index in [0.29, 0.717) is 17.5 Å². The second-order valence-electron chi connectivity index (χ2n) is 5.72. The van der Waals surface area contributed by atoms with Crippen LogP contribution in [0.15, 0.2) is 17.8 Å². The largest absolute Gasteiger partial charge is 0.480 e. The van der Waals surface area contributed by atoms with Crippen LogP contribution in [0.2, 0.25) is 0 Å². The van der Waals surface area contributed by atoms with E-state index in [0.717, 1.165) is 30.7 Å². The monoisotopic (exact) mass is 348 g/mol. The van der Waals surface area contributed by atoms with Gasteiger partial charge in [0.25, 0.3) is 5.91 Å². The molecule has 1 aliphatic rings. The third-order valence-electron chi connectivity index (χ3n) is 3.95. The summed E-state index contributed by atoms with van der Waals surface area (Å²) in [5, 5.41) is 5.75. The summed E-state index contributed by atoms with van der Waals surface area (Å²) in [6, 6.07) is 0.163. The lowest BCUT2D eigenvalue weighted by atomic mass is 9.93. The number of amides is 1. The lowest BCUT2D eigenvalue weighted by Gasteiger charge is -2.28. The topological polar surface area (TPSA) is 86.2 Å². The summed E-state index contributed by atoms with van der Waals surface area (Å²) in [7, 11) is 1.55. The van der Waals surface area contributed by atoms with Crippen LogP contribution >= 0.6 is 11.3 Å². The molecule has 1 N–H and O–H groups in total. The molecule has 24 heavy (non-hydrogen) atoms. The van der Waals surface area contributed by atoms with E-state index in [9.17, 15) is 4.79 Å². The number of ether oxygens (including phenoxy) is 2. The number of hydrogen-bond donors (Lipinski definition) is 1. The van der Waals surface area contributed by atoms with Gasteiger partial charge in [0.1, 0.15) is 11.8 Å². The van der Waals surface area contributed by atoms with Crippen LogP contribution in [0.3, 0.4) is 0 Å². The first-order valence-corrected chi connectivity index (χ1v) is 8.77. The van der Waals surface area contributed by atoms with Gasteiger partial charge in [0.05, 0.1) is 24.5 Å². The van der Waals surface area contributed by atoms with E-state index in [1.807, 2.05) is 6.92 Å². The molecule has 2 heterocycles. The lowest BCUT2D eigenvalue weighted by Crippen LogP contribution is -2.39. The van der Waals surface area contributed by atoms with Crippen LogP contribution in [0.25, 0.3) is 0 Å². The highest BCUT2D eigenvalue weighted by atomic mass is 32.1. The summed E-state index contributed by atoms with van der Waals surface area (Å²) in [6.07, 6.45) is 6.68. The van der Waals surface area contributed by atoms with Gasteiger partial charge < -0.3 is 14.8 Å². The second kappa shape index (κ2) is 7.57. The van der Waals surface area contributed by atoms with E-state index in [2.05, 4.69) is 20.3 Å². The predicted octanol–water partition coefficient (Wildman–Crippen LogP) is 2.37. The van der Waals surface area contributed by atoms with Crippen LogP contribution in [-0.2, 0) is 0 Å². The van der Waals surface area contributed by atoms with Crippen LogP contribution in [0, 0.1) is 6.92 Å². The van der Waals surface area contributed by atoms with Crippen molar-refractivity contribution in [3.8, 4) is 11.8 Å². The van der Waals surface area contributed by atoms with Crippen molar-refractivity contribution in [2.75, 3.05) is 7.11 Å². The Morgan fingerprint density at radius 1 is 1.21 bits per heavy atom. The highest BCUT2D eigenvalue weighted by molar-refractivity contribution is 7.09. The zero-order valence-corrected chi connectivity index (χ0v) is 14.5. The second-order valence-corrected chi connectivity index (χ2v) is 6.78. The van der Waals surface area contributed by atoms with Crippen molar-refractivity contribution in [2.45, 2.75) is 44.8 Å². The van der Waals surface area contributed by atoms with Crippen LogP contribution in [0.4, 0.5) is 0 Å². The summed E-state index contributed by atoms with van der Waals surface area (Å²) in [6.45, 7) is 1.89. The highest BCUT2D eigenvalue weighted by Crippen LogP contribution is 2.23. The summed E-state index contributed by atoms with van der Waals surface area (Å²) in [5.74, 6) is 0.814. The Hall–Kier alpha value is -2.22. The molecule has 0 spiro atoms. The van der Waals surface area contributed by atoms with Crippen molar-refractivity contribution in [2.24, 2.45) is 0 Å². The molecule has 8 heteroatoms. The molecular weight excluding hydrogens is 328 g/mol. The van der Waals surface area contributed by atoms with Gasteiger partial charge in [0.2, 0.25) is 11.8 Å². The number of thiazole rings is 1. The molecule has 1 saturated carbocycles. The Labute approximate surface area is 144 Å². The number of hydrogen-bond acceptors (Lipinski definition) is 7. The van der Waals surface area contributed by atoms with Gasteiger partial charge in [-0.05, 0) is 32.6 Å². The number of nitrogens with one attached hydrogen (secondary N) is 1. The van der Waals surface area contributed by atoms with Crippen molar-refractivity contribution in [3.05, 3.63) is 28.5 Å². The first kappa shape index (κ1) is 16.6. The van der Waals surface area contributed by atoms with E-state index >= 15 is 0 Å². The van der Waals surface area contributed by atoms with Gasteiger partial charge in [-0.1, -0.05) is 0 Å². The first-order chi connectivity index (χ1) is 11.6. The van der Waals surface area contributed by atoms with Crippen molar-refractivity contribution in [1.82, 2.24) is 20.3 Å². The fraction of sp³-hybridized carbons (Fsp3) is 0.500. The van der Waals surface area contributed by atoms with Crippen LogP contribution in [-0.4, -0.2) is 40.1 Å². The number of nitrogens with zero attached hydrogens (tertiary/aromatic N) is 3. The number of aromatic nitrogens is 3. The van der Waals surface area contributed by atoms with Crippen LogP contribution < -0.4 is 14.8 Å². The average Bonchev–Trinajstić information content (AvgIpc) is 3.03. The molecule has 2 aromatic heterocycles. The zero-order chi connectivity index (χ0) is 16.9. The summed E-state index contributed by atoms with van der Waals surface area (Å²) < 4.78 is 10.9. The molecule has 0 radical (unpaired) electrons. The normalized spacial score (nSPS) is 20.4. The summed E-state index contributed by atoms with van der Waals surface area (Å²) >= 11 is 1.48. The Balaban J connectivity index is 1.47. The third-order valence-corrected chi connectivity index (χ3v) is 4.72. The number of carbonyl (C=O) groups is 1. The fourth-order valence-corrected chi connectivity index (χ4v) is 3.30. The van der Waals surface area contributed by atoms with Gasteiger partial charge in [0, 0.05) is 11.4 Å². The standard InChI is InChI=1S/C16H20N4O3S/c1-10-18-13(9-24-10)16(21)19-11-3-5-12(6-4-11)23-15-8-17-7-14(20-15)22-2/h7-9,11-12H,3-6H2,1-2H3,(H,19,21). The van der Waals surface area contributed by atoms with Crippen molar-refractivity contribution >= 4 is 17.2 Å². The molecule has 0 unspecified atom stereocenters. The molecule has 1 aliphatic carbocycles. The first-order valence-electron chi connectivity index (χ1n) is 7.89. The van der Waals surface area contributed by atoms with E-state index in [1.54, 1.807) is 24.9 Å². The number of aryl methyl sites for hydroxylation is 1. The highest BCUT2D eigenvalue weighted by Gasteiger charge is 2.25. The quantitative estimate of drug-likeness (QED) is 0.893. The van der Waals surface area contributed by atoms with Gasteiger partial charge in [-0.3, -0.25) is 9.78 Å². The minimum absolute atomic E-state index is 0.0843. The zero-order valence-electron chi connectivity index (χ0n) is 13.7. The molecule has 0 saturated heterocycles. The predicted molar refractivity (Wildman–Crippen MR) is 89.6 cm³/mol. The van der Waals surface area contributed by atoms with E-state index in [-0.39, 0.29) is 18.1 Å². The summed E-state index contributed by atoms with van der Waals surface area (Å²) in [4.78, 5) is 24.6. The molecule has 2 aromatic rings. The van der Waals surface area contributed by atoms with E-state index < -0.39 is 0 Å². The van der Waals surface area contributed by atoms with Gasteiger partial charge >= 0.3 is 0 Å². The molecule has 0 atom stereocenters. The molecule has 7 nitrogen and oxygen atoms in total. The lowest BCUT2D eigenvalue weighted by molar-refractivity contribution is 0.0885. The van der Waals surface area contributed by atoms with Crippen molar-refractivity contribution < 1.29 is 14.3 Å². The maximum absolute atomic E-state index is 12.1. The van der Waals surface area contributed by atoms with Gasteiger partial charge in [0.15, 0.2) is 0 Å². The average molecular weight is 348 g/mol. The van der Waals surface area contributed by atoms with Crippen molar-refractivity contribution in [3.63, 3.8) is 0 Å². The van der Waals surface area contributed by atoms with Gasteiger partial charge in [-0.15, -0.1) is 11.3 Å². The number of carbonyl (C=O) groups excluding carboxylic acids is 1. The van der Waals surface area contributed by atoms with Gasteiger partial charge in [-0.2, -0.15) is 4.98 Å². The SMILES string of the molecule is COc1cncc(OC2CCC(NC(=O)c3csc(C)n3)CC2)n1. The van der Waals surface area contributed by atoms with E-state index in [4.69, 9.17) is 9.47 Å². The number of rotatable bonds is 5. The molecule has 1 amide bonds. The Morgan fingerprint density at radius 2 is 1.96 bits per heavy atom. The molecule has 0 aliphatic heterocycles. The molecule has 128 valence electrons. The maximum Gasteiger partial charge on any atom is 0.270 e. The van der Waals surface area contributed by atoms with E-state index in [1.165, 1.54) is 11.3 Å². The number of methoxy groups -OCH3 is 1. The Kier molecular flexibility index (Phi) is 5.24. The maximum atomic E-state index is 12.1. The molecule has 1 fully saturated rings.